The molecule has 0 radical (unpaired) electrons. The van der Waals surface area contributed by atoms with E-state index in [1.54, 1.807) is 0 Å². The van der Waals surface area contributed by atoms with Gasteiger partial charge in [0, 0.05) is 12.0 Å². The second kappa shape index (κ2) is 23.6. The van der Waals surface area contributed by atoms with Gasteiger partial charge in [-0.2, -0.15) is 0 Å². The van der Waals surface area contributed by atoms with Gasteiger partial charge in [0.15, 0.2) is 12.4 Å². The zero-order valence-electron chi connectivity index (χ0n) is 38.7. The van der Waals surface area contributed by atoms with Crippen LogP contribution in [-0.2, 0) is 18.4 Å². The van der Waals surface area contributed by atoms with E-state index in [2.05, 4.69) is 188 Å². The molecule has 1 unspecified atom stereocenters. The Morgan fingerprint density at radius 1 is 0.541 bits per heavy atom. The monoisotopic (exact) mass is 857 g/mol. The van der Waals surface area contributed by atoms with E-state index in [9.17, 15) is 4.79 Å². The number of esters is 1. The number of benzene rings is 4. The predicted molar refractivity (Wildman–Crippen MR) is 263 cm³/mol. The number of cyclic esters (lactones) is 1. The molecule has 1 aliphatic heterocycles. The Bertz CT molecular complexity index is 1730. The fraction of sp³-hybridized carbons (Fsp3) is 0.473. The van der Waals surface area contributed by atoms with Gasteiger partial charge in [0.05, 0.1) is 0 Å². The minimum absolute atomic E-state index is 0.250. The molecule has 328 valence electrons. The average Bonchev–Trinajstić information content (AvgIpc) is 3.63. The zero-order valence-corrected chi connectivity index (χ0v) is 40.7. The molecule has 1 atom stereocenters. The van der Waals surface area contributed by atoms with E-state index in [0.717, 1.165) is 39.2 Å². The number of hydrogen-bond acceptors (Lipinski definition) is 4. The maximum absolute atomic E-state index is 13.9. The van der Waals surface area contributed by atoms with Crippen LogP contribution in [0.15, 0.2) is 145 Å². The van der Waals surface area contributed by atoms with Crippen molar-refractivity contribution < 1.29 is 18.4 Å². The highest BCUT2D eigenvalue weighted by atomic mass is 28.4. The van der Waals surface area contributed by atoms with Crippen LogP contribution in [0.5, 0.6) is 0 Å². The molecular weight excluding hydrogens is 781 g/mol. The molecule has 61 heavy (non-hydrogen) atoms. The molecule has 4 nitrogen and oxygen atoms in total. The second-order valence-corrected chi connectivity index (χ2v) is 27.7. The van der Waals surface area contributed by atoms with E-state index in [0.29, 0.717) is 6.42 Å². The predicted octanol–water partition coefficient (Wildman–Crippen LogP) is 12.7. The van der Waals surface area contributed by atoms with Crippen LogP contribution in [0.3, 0.4) is 0 Å². The van der Waals surface area contributed by atoms with Gasteiger partial charge in [-0.25, -0.2) is 4.79 Å². The first-order valence-corrected chi connectivity index (χ1v) is 27.4. The van der Waals surface area contributed by atoms with Gasteiger partial charge in [0.25, 0.3) is 16.6 Å². The number of carbonyl (C=O) groups excluding carboxylic acids is 1. The summed E-state index contributed by atoms with van der Waals surface area (Å²) < 4.78 is 22.3. The third kappa shape index (κ3) is 12.7. The molecular formula is C55H76O4Si2. The van der Waals surface area contributed by atoms with Crippen molar-refractivity contribution in [2.24, 2.45) is 0 Å². The Kier molecular flexibility index (Phi) is 18.6. The van der Waals surface area contributed by atoms with Crippen LogP contribution in [0.4, 0.5) is 0 Å². The zero-order chi connectivity index (χ0) is 43.6. The van der Waals surface area contributed by atoms with Gasteiger partial charge in [0.2, 0.25) is 0 Å². The quantitative estimate of drug-likeness (QED) is 0.0176. The van der Waals surface area contributed by atoms with Crippen molar-refractivity contribution in [3.63, 3.8) is 0 Å². The third-order valence-corrected chi connectivity index (χ3v) is 22.5. The standard InChI is InChI=1S/C55H76O4Si2/c1-8-9-10-11-12-13-14-15-16-17-18-19-20-21-22-27-36-46-45-51(57-52(46)56)53(58-60(54(2,3)4,47-37-28-23-29-38-47)48-39-30-24-31-40-48)59-61(55(5,6)7,49-41-32-25-33-42-49)50-43-34-26-35-44-50/h15-16,23-26,28-44,51,53H,8-14,17-22,27,45H2,1-7H3/b16-15?,46-36-. The second-order valence-electron chi connectivity index (χ2n) is 19.2. The maximum atomic E-state index is 13.9. The minimum atomic E-state index is -3.17. The highest BCUT2D eigenvalue weighted by molar-refractivity contribution is 7.00. The lowest BCUT2D eigenvalue weighted by atomic mass is 10.1. The van der Waals surface area contributed by atoms with Gasteiger partial charge in [-0.3, -0.25) is 0 Å². The van der Waals surface area contributed by atoms with Crippen molar-refractivity contribution in [2.75, 3.05) is 0 Å². The number of ether oxygens (including phenoxy) is 1. The maximum Gasteiger partial charge on any atom is 0.334 e. The van der Waals surface area contributed by atoms with Gasteiger partial charge >= 0.3 is 5.97 Å². The largest absolute Gasteiger partial charge is 0.453 e. The highest BCUT2D eigenvalue weighted by Crippen LogP contribution is 2.43. The van der Waals surface area contributed by atoms with E-state index in [4.69, 9.17) is 13.6 Å². The molecule has 0 spiro atoms. The lowest BCUT2D eigenvalue weighted by Gasteiger charge is -2.50. The number of hydrogen-bond donors (Lipinski definition) is 0. The Labute approximate surface area is 372 Å². The summed E-state index contributed by atoms with van der Waals surface area (Å²) >= 11 is 0. The molecule has 5 rings (SSSR count). The molecule has 0 bridgehead atoms. The SMILES string of the molecule is CCCCCCCCC=CCCCCCCC/C=C1/CC(C(O[Si](c2ccccc2)(c2ccccc2)C(C)(C)C)O[Si](c2ccccc2)(c2ccccc2)C(C)(C)C)OC1=O. The summed E-state index contributed by atoms with van der Waals surface area (Å²) in [6, 6.07) is 42.9. The first-order chi connectivity index (χ1) is 29.4. The van der Waals surface area contributed by atoms with E-state index in [1.165, 1.54) is 77.0 Å². The molecule has 1 heterocycles. The Morgan fingerprint density at radius 3 is 1.25 bits per heavy atom. The summed E-state index contributed by atoms with van der Waals surface area (Å²) in [4.78, 5) is 13.9. The number of carbonyl (C=O) groups is 1. The summed E-state index contributed by atoms with van der Waals surface area (Å²) in [6.45, 7) is 16.0. The Morgan fingerprint density at radius 2 is 0.885 bits per heavy atom. The lowest BCUT2D eigenvalue weighted by molar-refractivity contribution is -0.154. The van der Waals surface area contributed by atoms with E-state index >= 15 is 0 Å². The van der Waals surface area contributed by atoms with Crippen molar-refractivity contribution in [3.05, 3.63) is 145 Å². The van der Waals surface area contributed by atoms with Crippen molar-refractivity contribution >= 4 is 43.4 Å². The molecule has 4 aromatic rings. The number of allylic oxidation sites excluding steroid dienone is 3. The first kappa shape index (κ1) is 48.2. The molecule has 1 fully saturated rings. The number of unbranched alkanes of at least 4 members (excludes halogenated alkanes) is 12. The summed E-state index contributed by atoms with van der Waals surface area (Å²) in [6.07, 6.45) is 23.3. The van der Waals surface area contributed by atoms with E-state index in [-0.39, 0.29) is 16.0 Å². The minimum Gasteiger partial charge on any atom is -0.453 e. The Hall–Kier alpha value is -3.82. The fourth-order valence-electron chi connectivity index (χ4n) is 9.27. The highest BCUT2D eigenvalue weighted by Gasteiger charge is 2.58. The van der Waals surface area contributed by atoms with Crippen LogP contribution in [0.25, 0.3) is 0 Å². The molecule has 0 aliphatic carbocycles. The molecule has 1 saturated heterocycles. The molecule has 4 aromatic carbocycles. The van der Waals surface area contributed by atoms with Gasteiger partial charge in [-0.1, -0.05) is 239 Å². The van der Waals surface area contributed by atoms with Crippen LogP contribution in [-0.4, -0.2) is 35.0 Å². The van der Waals surface area contributed by atoms with Crippen molar-refractivity contribution in [3.8, 4) is 0 Å². The molecule has 6 heteroatoms. The van der Waals surface area contributed by atoms with Crippen molar-refractivity contribution in [1.29, 1.82) is 0 Å². The van der Waals surface area contributed by atoms with Crippen LogP contribution >= 0.6 is 0 Å². The Balaban J connectivity index is 1.39. The average molecular weight is 857 g/mol. The third-order valence-electron chi connectivity index (χ3n) is 12.5. The number of rotatable bonds is 24. The van der Waals surface area contributed by atoms with Crippen LogP contribution in [0.2, 0.25) is 10.1 Å². The normalized spacial score (nSPS) is 15.9. The van der Waals surface area contributed by atoms with Gasteiger partial charge in [0.1, 0.15) is 0 Å². The van der Waals surface area contributed by atoms with Gasteiger partial charge in [-0.15, -0.1) is 0 Å². The summed E-state index contributed by atoms with van der Waals surface area (Å²) in [5.41, 5.74) is 0.739. The summed E-state index contributed by atoms with van der Waals surface area (Å²) in [5, 5.41) is 4.02. The molecule has 0 N–H and O–H groups in total. The molecule has 0 saturated carbocycles. The smallest absolute Gasteiger partial charge is 0.334 e. The van der Waals surface area contributed by atoms with Gasteiger partial charge in [-0.05, 0) is 69.3 Å². The van der Waals surface area contributed by atoms with Crippen LogP contribution in [0.1, 0.15) is 145 Å². The van der Waals surface area contributed by atoms with E-state index < -0.39 is 29.0 Å². The van der Waals surface area contributed by atoms with Crippen molar-refractivity contribution in [1.82, 2.24) is 0 Å². The lowest BCUT2D eigenvalue weighted by Crippen LogP contribution is -2.72. The summed E-state index contributed by atoms with van der Waals surface area (Å²) in [5.74, 6) is -0.250. The van der Waals surface area contributed by atoms with E-state index in [1.807, 2.05) is 0 Å². The van der Waals surface area contributed by atoms with Crippen molar-refractivity contribution in [2.45, 2.75) is 167 Å². The van der Waals surface area contributed by atoms with Crippen LogP contribution < -0.4 is 20.7 Å². The fourth-order valence-corrected chi connectivity index (χ4v) is 18.5. The summed E-state index contributed by atoms with van der Waals surface area (Å²) in [7, 11) is -6.33. The molecule has 0 aromatic heterocycles. The molecule has 0 amide bonds. The van der Waals surface area contributed by atoms with Crippen LogP contribution in [0, 0.1) is 0 Å². The topological polar surface area (TPSA) is 44.8 Å². The first-order valence-electron chi connectivity index (χ1n) is 23.6. The molecule has 1 aliphatic rings. The van der Waals surface area contributed by atoms with Gasteiger partial charge < -0.3 is 13.6 Å².